The summed E-state index contributed by atoms with van der Waals surface area (Å²) in [5.41, 5.74) is 0.898. The quantitative estimate of drug-likeness (QED) is 0.698. The van der Waals surface area contributed by atoms with Gasteiger partial charge in [-0.25, -0.2) is 4.79 Å². The van der Waals surface area contributed by atoms with Crippen LogP contribution in [-0.4, -0.2) is 21.5 Å². The molecule has 0 radical (unpaired) electrons. The molecule has 6 nitrogen and oxygen atoms in total. The molecule has 100 valence electrons. The van der Waals surface area contributed by atoms with Crippen LogP contribution in [0.25, 0.3) is 10.9 Å². The van der Waals surface area contributed by atoms with Crippen LogP contribution < -0.4 is 5.63 Å². The fraction of sp³-hybridized carbons (Fsp3) is 0.0714. The molecule has 0 aliphatic carbocycles. The third kappa shape index (κ3) is 2.18. The van der Waals surface area contributed by atoms with E-state index >= 15 is 0 Å². The van der Waals surface area contributed by atoms with Crippen LogP contribution in [0.4, 0.5) is 5.69 Å². The predicted molar refractivity (Wildman–Crippen MR) is 74.7 cm³/mol. The van der Waals surface area contributed by atoms with Gasteiger partial charge in [0.1, 0.15) is 17.1 Å². The average molecular weight is 269 g/mol. The fourth-order valence-electron chi connectivity index (χ4n) is 1.87. The third-order valence-corrected chi connectivity index (χ3v) is 2.86. The van der Waals surface area contributed by atoms with Gasteiger partial charge in [0.2, 0.25) is 0 Å². The summed E-state index contributed by atoms with van der Waals surface area (Å²) < 4.78 is 4.91. The minimum atomic E-state index is -0.617. The second-order valence-electron chi connectivity index (χ2n) is 4.34. The van der Waals surface area contributed by atoms with E-state index in [0.29, 0.717) is 11.4 Å². The number of fused-ring (bicyclic) bond motifs is 1. The van der Waals surface area contributed by atoms with E-state index in [4.69, 9.17) is 4.42 Å². The summed E-state index contributed by atoms with van der Waals surface area (Å²) in [7, 11) is 0. The number of rotatable bonds is 2. The minimum Gasteiger partial charge on any atom is -0.507 e. The van der Waals surface area contributed by atoms with Crippen LogP contribution in [0.1, 0.15) is 11.3 Å². The van der Waals surface area contributed by atoms with Crippen molar-refractivity contribution in [2.75, 3.05) is 0 Å². The minimum absolute atomic E-state index is 0.0281. The summed E-state index contributed by atoms with van der Waals surface area (Å²) in [4.78, 5) is 15.8. The Morgan fingerprint density at radius 3 is 3.05 bits per heavy atom. The van der Waals surface area contributed by atoms with Crippen molar-refractivity contribution in [2.24, 2.45) is 4.99 Å². The molecular weight excluding hydrogens is 258 g/mol. The van der Waals surface area contributed by atoms with Crippen LogP contribution in [-0.2, 0) is 0 Å². The van der Waals surface area contributed by atoms with Crippen LogP contribution in [0.2, 0.25) is 0 Å². The van der Waals surface area contributed by atoms with E-state index in [-0.39, 0.29) is 11.3 Å². The van der Waals surface area contributed by atoms with Gasteiger partial charge in [-0.1, -0.05) is 0 Å². The first-order valence-corrected chi connectivity index (χ1v) is 5.94. The maximum atomic E-state index is 11.6. The Labute approximate surface area is 113 Å². The van der Waals surface area contributed by atoms with Gasteiger partial charge in [0.25, 0.3) is 0 Å². The summed E-state index contributed by atoms with van der Waals surface area (Å²) in [6, 6.07) is 6.83. The third-order valence-electron chi connectivity index (χ3n) is 2.86. The maximum absolute atomic E-state index is 11.6. The number of aryl methyl sites for hydroxylation is 1. The number of nitrogens with zero attached hydrogens (tertiary/aromatic N) is 2. The molecule has 2 N–H and O–H groups in total. The molecule has 0 amide bonds. The Balaban J connectivity index is 1.99. The van der Waals surface area contributed by atoms with Gasteiger partial charge in [-0.2, -0.15) is 5.10 Å². The Kier molecular flexibility index (Phi) is 2.83. The second kappa shape index (κ2) is 4.65. The first kappa shape index (κ1) is 12.2. The van der Waals surface area contributed by atoms with Crippen molar-refractivity contribution in [1.82, 2.24) is 10.2 Å². The lowest BCUT2D eigenvalue weighted by atomic mass is 10.2. The van der Waals surface area contributed by atoms with Gasteiger partial charge in [0.15, 0.2) is 0 Å². The first-order chi connectivity index (χ1) is 9.63. The molecule has 0 saturated heterocycles. The van der Waals surface area contributed by atoms with Gasteiger partial charge in [-0.3, -0.25) is 10.1 Å². The zero-order valence-electron chi connectivity index (χ0n) is 10.6. The topological polar surface area (TPSA) is 91.5 Å². The Hall–Kier alpha value is -2.89. The van der Waals surface area contributed by atoms with Crippen molar-refractivity contribution in [3.05, 3.63) is 52.2 Å². The van der Waals surface area contributed by atoms with E-state index < -0.39 is 5.63 Å². The van der Waals surface area contributed by atoms with Crippen molar-refractivity contribution in [3.8, 4) is 5.75 Å². The van der Waals surface area contributed by atoms with Crippen LogP contribution >= 0.6 is 0 Å². The van der Waals surface area contributed by atoms with Gasteiger partial charge in [-0.15, -0.1) is 0 Å². The lowest BCUT2D eigenvalue weighted by Gasteiger charge is -1.98. The molecule has 1 aromatic carbocycles. The van der Waals surface area contributed by atoms with Crippen LogP contribution in [0.5, 0.6) is 5.75 Å². The zero-order valence-corrected chi connectivity index (χ0v) is 10.6. The summed E-state index contributed by atoms with van der Waals surface area (Å²) in [6.45, 7) is 1.59. The van der Waals surface area contributed by atoms with Crippen molar-refractivity contribution in [1.29, 1.82) is 0 Å². The summed E-state index contributed by atoms with van der Waals surface area (Å²) >= 11 is 0. The molecular formula is C14H11N3O3. The number of nitrogens with one attached hydrogen (secondary N) is 1. The Bertz CT molecular complexity index is 861. The highest BCUT2D eigenvalue weighted by Gasteiger charge is 2.07. The average Bonchev–Trinajstić information content (AvgIpc) is 2.84. The van der Waals surface area contributed by atoms with Crippen molar-refractivity contribution < 1.29 is 9.52 Å². The maximum Gasteiger partial charge on any atom is 0.348 e. The number of aromatic amines is 1. The molecule has 0 bridgehead atoms. The number of aliphatic imine (C=N–C) groups is 1. The second-order valence-corrected chi connectivity index (χ2v) is 4.34. The van der Waals surface area contributed by atoms with Gasteiger partial charge >= 0.3 is 5.63 Å². The highest BCUT2D eigenvalue weighted by atomic mass is 16.4. The molecule has 3 rings (SSSR count). The number of benzene rings is 1. The predicted octanol–water partition coefficient (Wildman–Crippen LogP) is 2.28. The number of hydrogen-bond donors (Lipinski definition) is 2. The smallest absolute Gasteiger partial charge is 0.348 e. The summed E-state index contributed by atoms with van der Waals surface area (Å²) in [5.74, 6) is 0.202. The number of H-pyrrole nitrogens is 1. The zero-order chi connectivity index (χ0) is 14.1. The van der Waals surface area contributed by atoms with Crippen molar-refractivity contribution in [3.63, 3.8) is 0 Å². The van der Waals surface area contributed by atoms with Gasteiger partial charge < -0.3 is 9.52 Å². The lowest BCUT2D eigenvalue weighted by molar-refractivity contribution is 0.433. The van der Waals surface area contributed by atoms with Gasteiger partial charge in [0, 0.05) is 17.7 Å². The molecule has 2 aromatic heterocycles. The lowest BCUT2D eigenvalue weighted by Crippen LogP contribution is -2.07. The molecule has 0 atom stereocenters. The van der Waals surface area contributed by atoms with E-state index in [1.54, 1.807) is 25.3 Å². The van der Waals surface area contributed by atoms with Crippen molar-refractivity contribution in [2.45, 2.75) is 6.92 Å². The normalized spacial score (nSPS) is 11.4. The van der Waals surface area contributed by atoms with Crippen molar-refractivity contribution >= 4 is 22.8 Å². The van der Waals surface area contributed by atoms with Crippen LogP contribution in [0, 0.1) is 6.92 Å². The molecule has 0 unspecified atom stereocenters. The number of aromatic hydroxyl groups is 1. The molecule has 0 aliphatic heterocycles. The molecule has 20 heavy (non-hydrogen) atoms. The van der Waals surface area contributed by atoms with E-state index in [9.17, 15) is 9.90 Å². The SMILES string of the molecule is Cc1cc(O)c(C=Nc2ccc3cn[nH]c3c2)c(=O)o1. The number of aromatic nitrogens is 2. The largest absolute Gasteiger partial charge is 0.507 e. The van der Waals surface area contributed by atoms with Gasteiger partial charge in [0.05, 0.1) is 17.4 Å². The van der Waals surface area contributed by atoms with E-state index in [0.717, 1.165) is 10.9 Å². The van der Waals surface area contributed by atoms with E-state index in [2.05, 4.69) is 15.2 Å². The Morgan fingerprint density at radius 1 is 1.40 bits per heavy atom. The molecule has 0 aliphatic rings. The first-order valence-electron chi connectivity index (χ1n) is 5.94. The summed E-state index contributed by atoms with van der Waals surface area (Å²) in [5, 5.41) is 17.4. The molecule has 2 heterocycles. The molecule has 0 spiro atoms. The van der Waals surface area contributed by atoms with E-state index in [1.807, 2.05) is 6.07 Å². The van der Waals surface area contributed by atoms with Crippen LogP contribution in [0.15, 0.2) is 44.7 Å². The molecule has 0 fully saturated rings. The summed E-state index contributed by atoms with van der Waals surface area (Å²) in [6.07, 6.45) is 3.00. The standard InChI is InChI=1S/C14H11N3O3/c1-8-4-13(18)11(14(19)20-8)7-15-10-3-2-9-6-16-17-12(9)5-10/h2-7,18H,1H3,(H,16,17). The fourth-order valence-corrected chi connectivity index (χ4v) is 1.87. The molecule has 3 aromatic rings. The number of hydrogen-bond acceptors (Lipinski definition) is 5. The molecule has 6 heteroatoms. The van der Waals surface area contributed by atoms with Gasteiger partial charge in [-0.05, 0) is 25.1 Å². The monoisotopic (exact) mass is 269 g/mol. The Morgan fingerprint density at radius 2 is 2.25 bits per heavy atom. The highest BCUT2D eigenvalue weighted by molar-refractivity contribution is 5.86. The van der Waals surface area contributed by atoms with Crippen LogP contribution in [0.3, 0.4) is 0 Å². The highest BCUT2D eigenvalue weighted by Crippen LogP contribution is 2.20. The molecule has 0 saturated carbocycles. The van der Waals surface area contributed by atoms with E-state index in [1.165, 1.54) is 12.3 Å².